The molecule has 4 aromatic rings. The fourth-order valence-electron chi connectivity index (χ4n) is 3.48. The summed E-state index contributed by atoms with van der Waals surface area (Å²) >= 11 is 0. The predicted octanol–water partition coefficient (Wildman–Crippen LogP) is 4.40. The van der Waals surface area contributed by atoms with Gasteiger partial charge < -0.3 is 10.3 Å². The minimum atomic E-state index is 0.103. The van der Waals surface area contributed by atoms with Crippen molar-refractivity contribution < 1.29 is 4.79 Å². The van der Waals surface area contributed by atoms with E-state index in [0.717, 1.165) is 36.1 Å². The molecule has 0 unspecified atom stereocenters. The summed E-state index contributed by atoms with van der Waals surface area (Å²) in [6.45, 7) is 0.664. The van der Waals surface area contributed by atoms with E-state index >= 15 is 0 Å². The molecule has 4 rings (SSSR count). The summed E-state index contributed by atoms with van der Waals surface area (Å²) in [4.78, 5) is 20.0. The maximum Gasteiger partial charge on any atom is 0.220 e. The van der Waals surface area contributed by atoms with Crippen molar-refractivity contribution in [3.63, 3.8) is 0 Å². The minimum Gasteiger partial charge on any atom is -0.356 e. The number of H-pyrrole nitrogens is 1. The van der Waals surface area contributed by atoms with Crippen LogP contribution in [0.4, 0.5) is 0 Å². The molecule has 0 aliphatic heterocycles. The van der Waals surface area contributed by atoms with Gasteiger partial charge in [0.15, 0.2) is 0 Å². The van der Waals surface area contributed by atoms with E-state index in [0.29, 0.717) is 13.0 Å². The van der Waals surface area contributed by atoms with E-state index in [4.69, 9.17) is 0 Å². The first-order valence-corrected chi connectivity index (χ1v) is 9.46. The fourth-order valence-corrected chi connectivity index (χ4v) is 3.48. The fraction of sp³-hybridized carbons (Fsp3) is 0.217. The van der Waals surface area contributed by atoms with Gasteiger partial charge in [-0.25, -0.2) is 4.98 Å². The SMILES string of the molecule is O=C(CCCc1nc2ccccc2[nH]1)NCCc1cccc2ccccc12. The van der Waals surface area contributed by atoms with E-state index in [2.05, 4.69) is 57.7 Å². The Morgan fingerprint density at radius 1 is 0.926 bits per heavy atom. The number of hydrogen-bond acceptors (Lipinski definition) is 2. The number of carbonyl (C=O) groups excluding carboxylic acids is 1. The molecule has 0 aliphatic rings. The first-order valence-electron chi connectivity index (χ1n) is 9.46. The molecular formula is C23H23N3O. The molecule has 1 aromatic heterocycles. The Hall–Kier alpha value is -3.14. The van der Waals surface area contributed by atoms with Gasteiger partial charge >= 0.3 is 0 Å². The number of amides is 1. The molecule has 0 atom stereocenters. The zero-order chi connectivity index (χ0) is 18.5. The normalized spacial score (nSPS) is 11.1. The molecule has 2 N–H and O–H groups in total. The Bertz CT molecular complexity index is 1030. The van der Waals surface area contributed by atoms with Gasteiger partial charge in [0.25, 0.3) is 0 Å². The Kier molecular flexibility index (Phi) is 5.15. The first-order chi connectivity index (χ1) is 13.3. The predicted molar refractivity (Wildman–Crippen MR) is 110 cm³/mol. The van der Waals surface area contributed by atoms with Crippen LogP contribution in [0.25, 0.3) is 21.8 Å². The molecule has 0 fully saturated rings. The molecule has 136 valence electrons. The van der Waals surface area contributed by atoms with Crippen molar-refractivity contribution in [1.82, 2.24) is 15.3 Å². The van der Waals surface area contributed by atoms with Gasteiger partial charge in [0, 0.05) is 19.4 Å². The van der Waals surface area contributed by atoms with Crippen LogP contribution in [0.5, 0.6) is 0 Å². The molecule has 27 heavy (non-hydrogen) atoms. The number of nitrogens with one attached hydrogen (secondary N) is 2. The maximum absolute atomic E-state index is 12.1. The number of benzene rings is 3. The molecule has 0 bridgehead atoms. The van der Waals surface area contributed by atoms with E-state index < -0.39 is 0 Å². The van der Waals surface area contributed by atoms with Crippen molar-refractivity contribution in [2.75, 3.05) is 6.54 Å². The number of hydrogen-bond donors (Lipinski definition) is 2. The number of imidazole rings is 1. The van der Waals surface area contributed by atoms with Crippen LogP contribution in [0.3, 0.4) is 0 Å². The second kappa shape index (κ2) is 8.04. The van der Waals surface area contributed by atoms with Crippen LogP contribution in [0.2, 0.25) is 0 Å². The summed E-state index contributed by atoms with van der Waals surface area (Å²) in [5.41, 5.74) is 3.30. The van der Waals surface area contributed by atoms with Crippen LogP contribution < -0.4 is 5.32 Å². The van der Waals surface area contributed by atoms with E-state index in [1.165, 1.54) is 16.3 Å². The van der Waals surface area contributed by atoms with Crippen molar-refractivity contribution in [2.24, 2.45) is 0 Å². The summed E-state index contributed by atoms with van der Waals surface area (Å²) in [7, 11) is 0. The first kappa shape index (κ1) is 17.3. The Balaban J connectivity index is 1.24. The van der Waals surface area contributed by atoms with Gasteiger partial charge in [-0.05, 0) is 41.3 Å². The van der Waals surface area contributed by atoms with E-state index in [1.807, 2.05) is 24.3 Å². The molecule has 1 amide bonds. The third-order valence-corrected chi connectivity index (χ3v) is 4.85. The van der Waals surface area contributed by atoms with Crippen molar-refractivity contribution in [2.45, 2.75) is 25.7 Å². The quantitative estimate of drug-likeness (QED) is 0.515. The molecular weight excluding hydrogens is 334 g/mol. The third-order valence-electron chi connectivity index (χ3n) is 4.85. The number of aryl methyl sites for hydroxylation is 1. The van der Waals surface area contributed by atoms with E-state index in [1.54, 1.807) is 0 Å². The van der Waals surface area contributed by atoms with Crippen molar-refractivity contribution >= 4 is 27.7 Å². The summed E-state index contributed by atoms with van der Waals surface area (Å²) in [5.74, 6) is 1.05. The molecule has 4 heteroatoms. The maximum atomic E-state index is 12.1. The summed E-state index contributed by atoms with van der Waals surface area (Å²) in [6, 6.07) is 22.7. The van der Waals surface area contributed by atoms with E-state index in [9.17, 15) is 4.79 Å². The molecule has 0 spiro atoms. The smallest absolute Gasteiger partial charge is 0.220 e. The van der Waals surface area contributed by atoms with Crippen LogP contribution in [-0.4, -0.2) is 22.4 Å². The van der Waals surface area contributed by atoms with Crippen molar-refractivity contribution in [1.29, 1.82) is 0 Å². The Morgan fingerprint density at radius 2 is 1.74 bits per heavy atom. The van der Waals surface area contributed by atoms with Gasteiger partial charge in [-0.15, -0.1) is 0 Å². The molecule has 0 saturated heterocycles. The van der Waals surface area contributed by atoms with E-state index in [-0.39, 0.29) is 5.91 Å². The van der Waals surface area contributed by atoms with Crippen LogP contribution in [0.1, 0.15) is 24.2 Å². The highest BCUT2D eigenvalue weighted by Gasteiger charge is 2.06. The standard InChI is InChI=1S/C23H23N3O/c27-23(14-6-13-22-25-20-11-3-4-12-21(20)26-22)24-16-15-18-9-5-8-17-7-1-2-10-19(17)18/h1-5,7-12H,6,13-16H2,(H,24,27)(H,25,26). The lowest BCUT2D eigenvalue weighted by molar-refractivity contribution is -0.121. The lowest BCUT2D eigenvalue weighted by atomic mass is 10.0. The van der Waals surface area contributed by atoms with Crippen LogP contribution in [0.15, 0.2) is 66.7 Å². The Labute approximate surface area is 158 Å². The lowest BCUT2D eigenvalue weighted by Crippen LogP contribution is -2.25. The van der Waals surface area contributed by atoms with Gasteiger partial charge in [-0.2, -0.15) is 0 Å². The highest BCUT2D eigenvalue weighted by atomic mass is 16.1. The molecule has 3 aromatic carbocycles. The van der Waals surface area contributed by atoms with Gasteiger partial charge in [0.1, 0.15) is 5.82 Å². The van der Waals surface area contributed by atoms with Gasteiger partial charge in [0.05, 0.1) is 11.0 Å². The number of fused-ring (bicyclic) bond motifs is 2. The summed E-state index contributed by atoms with van der Waals surface area (Å²) in [5, 5.41) is 5.54. The largest absolute Gasteiger partial charge is 0.356 e. The number of para-hydroxylation sites is 2. The van der Waals surface area contributed by atoms with Crippen molar-refractivity contribution in [3.05, 3.63) is 78.1 Å². The highest BCUT2D eigenvalue weighted by Crippen LogP contribution is 2.18. The number of carbonyl (C=O) groups is 1. The molecule has 0 radical (unpaired) electrons. The molecule has 0 aliphatic carbocycles. The number of nitrogens with zero attached hydrogens (tertiary/aromatic N) is 1. The van der Waals surface area contributed by atoms with Crippen LogP contribution in [-0.2, 0) is 17.6 Å². The third kappa shape index (κ3) is 4.17. The van der Waals surface area contributed by atoms with Crippen LogP contribution in [0, 0.1) is 0 Å². The summed E-state index contributed by atoms with van der Waals surface area (Å²) in [6.07, 6.45) is 2.94. The molecule has 0 saturated carbocycles. The topological polar surface area (TPSA) is 57.8 Å². The monoisotopic (exact) mass is 357 g/mol. The van der Waals surface area contributed by atoms with Gasteiger partial charge in [-0.1, -0.05) is 54.6 Å². The average Bonchev–Trinajstić information content (AvgIpc) is 3.11. The van der Waals surface area contributed by atoms with Gasteiger partial charge in [-0.3, -0.25) is 4.79 Å². The zero-order valence-corrected chi connectivity index (χ0v) is 15.2. The van der Waals surface area contributed by atoms with Crippen molar-refractivity contribution in [3.8, 4) is 0 Å². The number of aromatic amines is 1. The summed E-state index contributed by atoms with van der Waals surface area (Å²) < 4.78 is 0. The lowest BCUT2D eigenvalue weighted by Gasteiger charge is -2.08. The zero-order valence-electron chi connectivity index (χ0n) is 15.2. The molecule has 1 heterocycles. The number of rotatable bonds is 7. The van der Waals surface area contributed by atoms with Gasteiger partial charge in [0.2, 0.25) is 5.91 Å². The van der Waals surface area contributed by atoms with Crippen LogP contribution >= 0.6 is 0 Å². The highest BCUT2D eigenvalue weighted by molar-refractivity contribution is 5.85. The Morgan fingerprint density at radius 3 is 2.67 bits per heavy atom. The average molecular weight is 357 g/mol. The second-order valence-corrected chi connectivity index (χ2v) is 6.79. The minimum absolute atomic E-state index is 0.103. The second-order valence-electron chi connectivity index (χ2n) is 6.79. The molecule has 4 nitrogen and oxygen atoms in total. The number of aromatic nitrogens is 2.